The Hall–Kier alpha value is -1.34. The number of H-pyrrole nitrogens is 1. The molecule has 78 valence electrons. The maximum atomic E-state index is 11.1. The van der Waals surface area contributed by atoms with Gasteiger partial charge < -0.3 is 9.40 Å². The topological polar surface area (TPSA) is 84.7 Å². The zero-order valence-corrected chi connectivity index (χ0v) is 9.09. The predicted octanol–water partition coefficient (Wildman–Crippen LogP) is 1.27. The fourth-order valence-corrected chi connectivity index (χ4v) is 1.76. The van der Waals surface area contributed by atoms with Gasteiger partial charge in [-0.15, -0.1) is 10.2 Å². The SMILES string of the molecule is Cc1nnc(Sc2nc[nH]c(=O)c2Cl)o1. The molecule has 15 heavy (non-hydrogen) atoms. The second-order valence-corrected chi connectivity index (χ2v) is 3.86. The maximum absolute atomic E-state index is 11.1. The number of nitrogens with one attached hydrogen (secondary N) is 1. The van der Waals surface area contributed by atoms with Gasteiger partial charge in [-0.25, -0.2) is 4.98 Å². The summed E-state index contributed by atoms with van der Waals surface area (Å²) in [4.78, 5) is 17.4. The van der Waals surface area contributed by atoms with Crippen LogP contribution in [0.1, 0.15) is 5.89 Å². The van der Waals surface area contributed by atoms with Gasteiger partial charge in [-0.05, 0) is 11.8 Å². The Morgan fingerprint density at radius 3 is 3.00 bits per heavy atom. The third kappa shape index (κ3) is 2.18. The zero-order valence-electron chi connectivity index (χ0n) is 7.52. The van der Waals surface area contributed by atoms with E-state index < -0.39 is 5.56 Å². The van der Waals surface area contributed by atoms with Crippen molar-refractivity contribution in [1.29, 1.82) is 0 Å². The number of aromatic nitrogens is 4. The van der Waals surface area contributed by atoms with Crippen LogP contribution in [0.15, 0.2) is 25.8 Å². The lowest BCUT2D eigenvalue weighted by molar-refractivity contribution is 0.429. The first-order chi connectivity index (χ1) is 7.16. The minimum atomic E-state index is -0.398. The van der Waals surface area contributed by atoms with E-state index in [9.17, 15) is 4.79 Å². The van der Waals surface area contributed by atoms with Gasteiger partial charge in [0.05, 0.1) is 6.33 Å². The second kappa shape index (κ2) is 4.03. The van der Waals surface area contributed by atoms with Crippen LogP contribution in [-0.2, 0) is 0 Å². The van der Waals surface area contributed by atoms with Crippen LogP contribution in [-0.4, -0.2) is 20.2 Å². The molecule has 6 nitrogen and oxygen atoms in total. The van der Waals surface area contributed by atoms with E-state index in [1.165, 1.54) is 6.33 Å². The minimum absolute atomic E-state index is 0.0124. The molecule has 0 amide bonds. The summed E-state index contributed by atoms with van der Waals surface area (Å²) in [5, 5.41) is 8.04. The lowest BCUT2D eigenvalue weighted by Crippen LogP contribution is -2.07. The summed E-state index contributed by atoms with van der Waals surface area (Å²) in [5.74, 6) is 0.443. The molecule has 0 fully saturated rings. The van der Waals surface area contributed by atoms with Crippen LogP contribution in [0.4, 0.5) is 0 Å². The molecule has 0 atom stereocenters. The van der Waals surface area contributed by atoms with Crippen LogP contribution < -0.4 is 5.56 Å². The van der Waals surface area contributed by atoms with Gasteiger partial charge in [0.2, 0.25) is 5.89 Å². The number of aromatic amines is 1. The predicted molar refractivity (Wildman–Crippen MR) is 53.0 cm³/mol. The van der Waals surface area contributed by atoms with Gasteiger partial charge in [0.1, 0.15) is 10.0 Å². The van der Waals surface area contributed by atoms with Gasteiger partial charge in [0, 0.05) is 6.92 Å². The van der Waals surface area contributed by atoms with Crippen LogP contribution in [0.25, 0.3) is 0 Å². The summed E-state index contributed by atoms with van der Waals surface area (Å²) in [6.07, 6.45) is 1.26. The second-order valence-electron chi connectivity index (χ2n) is 2.54. The Balaban J connectivity index is 2.32. The minimum Gasteiger partial charge on any atom is -0.416 e. The molecule has 0 radical (unpaired) electrons. The lowest BCUT2D eigenvalue weighted by Gasteiger charge is -1.96. The Kier molecular flexibility index (Phi) is 2.74. The van der Waals surface area contributed by atoms with Crippen molar-refractivity contribution in [3.8, 4) is 0 Å². The largest absolute Gasteiger partial charge is 0.416 e. The quantitative estimate of drug-likeness (QED) is 0.801. The fraction of sp³-hybridized carbons (Fsp3) is 0.143. The molecule has 8 heteroatoms. The van der Waals surface area contributed by atoms with Gasteiger partial charge >= 0.3 is 0 Å². The van der Waals surface area contributed by atoms with E-state index in [2.05, 4.69) is 20.2 Å². The van der Waals surface area contributed by atoms with Crippen LogP contribution >= 0.6 is 23.4 Å². The Bertz CT molecular complexity index is 538. The van der Waals surface area contributed by atoms with Crippen molar-refractivity contribution >= 4 is 23.4 Å². The number of nitrogens with zero attached hydrogens (tertiary/aromatic N) is 3. The Morgan fingerprint density at radius 2 is 2.33 bits per heavy atom. The Labute approximate surface area is 93.1 Å². The van der Waals surface area contributed by atoms with Crippen molar-refractivity contribution in [3.05, 3.63) is 27.6 Å². The van der Waals surface area contributed by atoms with Crippen molar-refractivity contribution in [2.24, 2.45) is 0 Å². The molecule has 2 rings (SSSR count). The van der Waals surface area contributed by atoms with Crippen molar-refractivity contribution in [2.45, 2.75) is 17.2 Å². The van der Waals surface area contributed by atoms with Crippen molar-refractivity contribution < 1.29 is 4.42 Å². The van der Waals surface area contributed by atoms with Gasteiger partial charge in [-0.1, -0.05) is 11.6 Å². The van der Waals surface area contributed by atoms with Crippen molar-refractivity contribution in [3.63, 3.8) is 0 Å². The summed E-state index contributed by atoms with van der Waals surface area (Å²) in [5.41, 5.74) is -0.398. The van der Waals surface area contributed by atoms with Crippen LogP contribution in [0.2, 0.25) is 5.02 Å². The average Bonchev–Trinajstić information content (AvgIpc) is 2.59. The third-order valence-electron chi connectivity index (χ3n) is 1.46. The van der Waals surface area contributed by atoms with Gasteiger partial charge in [-0.2, -0.15) is 0 Å². The summed E-state index contributed by atoms with van der Waals surface area (Å²) < 4.78 is 5.11. The molecule has 0 aliphatic carbocycles. The molecular formula is C7H5ClN4O2S. The van der Waals surface area contributed by atoms with Crippen molar-refractivity contribution in [2.75, 3.05) is 0 Å². The van der Waals surface area contributed by atoms with E-state index in [0.29, 0.717) is 16.1 Å². The molecule has 0 aromatic carbocycles. The summed E-state index contributed by atoms with van der Waals surface area (Å²) in [6.45, 7) is 1.67. The molecule has 0 saturated heterocycles. The first-order valence-electron chi connectivity index (χ1n) is 3.88. The first-order valence-corrected chi connectivity index (χ1v) is 5.07. The molecule has 0 bridgehead atoms. The maximum Gasteiger partial charge on any atom is 0.282 e. The molecule has 2 aromatic rings. The molecular weight excluding hydrogens is 240 g/mol. The first kappa shape index (κ1) is 10.2. The molecule has 0 unspecified atom stereocenters. The average molecular weight is 245 g/mol. The summed E-state index contributed by atoms with van der Waals surface area (Å²) in [7, 11) is 0. The van der Waals surface area contributed by atoms with Gasteiger partial charge in [0.25, 0.3) is 10.8 Å². The van der Waals surface area contributed by atoms with Gasteiger partial charge in [-0.3, -0.25) is 4.79 Å². The van der Waals surface area contributed by atoms with E-state index in [4.69, 9.17) is 16.0 Å². The highest BCUT2D eigenvalue weighted by Gasteiger charge is 2.11. The fourth-order valence-electron chi connectivity index (χ4n) is 0.840. The van der Waals surface area contributed by atoms with E-state index in [-0.39, 0.29) is 5.02 Å². The normalized spacial score (nSPS) is 10.5. The van der Waals surface area contributed by atoms with E-state index in [1.807, 2.05) is 0 Å². The summed E-state index contributed by atoms with van der Waals surface area (Å²) >= 11 is 6.78. The zero-order chi connectivity index (χ0) is 10.8. The number of aryl methyl sites for hydroxylation is 1. The molecule has 0 aliphatic heterocycles. The molecule has 1 N–H and O–H groups in total. The monoisotopic (exact) mass is 244 g/mol. The highest BCUT2D eigenvalue weighted by Crippen LogP contribution is 2.27. The molecule has 0 aliphatic rings. The van der Waals surface area contributed by atoms with Crippen LogP contribution in [0.3, 0.4) is 0 Å². The standard InChI is InChI=1S/C7H5ClN4O2S/c1-3-11-12-7(14-3)15-6-4(8)5(13)9-2-10-6/h2H,1H3,(H,9,10,13). The molecule has 2 aromatic heterocycles. The third-order valence-corrected chi connectivity index (χ3v) is 2.76. The number of hydrogen-bond donors (Lipinski definition) is 1. The molecule has 0 saturated carbocycles. The Morgan fingerprint density at radius 1 is 1.53 bits per heavy atom. The number of rotatable bonds is 2. The van der Waals surface area contributed by atoms with E-state index >= 15 is 0 Å². The number of hydrogen-bond acceptors (Lipinski definition) is 6. The van der Waals surface area contributed by atoms with E-state index in [1.54, 1.807) is 6.92 Å². The molecule has 2 heterocycles. The smallest absolute Gasteiger partial charge is 0.282 e. The summed E-state index contributed by atoms with van der Waals surface area (Å²) in [6, 6.07) is 0. The number of halogens is 1. The van der Waals surface area contributed by atoms with Crippen LogP contribution in [0.5, 0.6) is 0 Å². The van der Waals surface area contributed by atoms with Crippen molar-refractivity contribution in [1.82, 2.24) is 20.2 Å². The van der Waals surface area contributed by atoms with Crippen LogP contribution in [0, 0.1) is 6.92 Å². The molecule has 0 spiro atoms. The van der Waals surface area contributed by atoms with Gasteiger partial charge in [0.15, 0.2) is 0 Å². The highest BCUT2D eigenvalue weighted by atomic mass is 35.5. The highest BCUT2D eigenvalue weighted by molar-refractivity contribution is 7.99. The lowest BCUT2D eigenvalue weighted by atomic mass is 10.7. The van der Waals surface area contributed by atoms with E-state index in [0.717, 1.165) is 11.8 Å².